The SMILES string of the molecule is C=Cc1ccc(C(F)(F)/C=C/C)cc1Nc1ncc(C(=O)C(=C)CCOCCC)c2c1ccn2C. The number of aryl methyl sites for hydroxylation is 1. The van der Waals surface area contributed by atoms with Gasteiger partial charge in [-0.1, -0.05) is 44.4 Å². The van der Waals surface area contributed by atoms with Crippen LogP contribution in [0.1, 0.15) is 48.2 Å². The maximum Gasteiger partial charge on any atom is 0.291 e. The van der Waals surface area contributed by atoms with Crippen LogP contribution in [-0.4, -0.2) is 28.5 Å². The Labute approximate surface area is 204 Å². The molecular weight excluding hydrogens is 448 g/mol. The van der Waals surface area contributed by atoms with Crippen LogP contribution in [0.4, 0.5) is 20.3 Å². The van der Waals surface area contributed by atoms with E-state index in [-0.39, 0.29) is 11.3 Å². The Bertz CT molecular complexity index is 1270. The number of ether oxygens (including phenoxy) is 1. The Balaban J connectivity index is 1.97. The molecule has 0 saturated carbocycles. The van der Waals surface area contributed by atoms with Crippen molar-refractivity contribution in [2.75, 3.05) is 18.5 Å². The molecule has 0 bridgehead atoms. The number of benzene rings is 1. The van der Waals surface area contributed by atoms with Gasteiger partial charge in [0, 0.05) is 42.7 Å². The van der Waals surface area contributed by atoms with E-state index in [9.17, 15) is 13.6 Å². The van der Waals surface area contributed by atoms with E-state index in [0.717, 1.165) is 12.5 Å². The minimum Gasteiger partial charge on any atom is -0.381 e. The summed E-state index contributed by atoms with van der Waals surface area (Å²) in [5.41, 5.74) is 2.49. The number of alkyl halides is 2. The predicted molar refractivity (Wildman–Crippen MR) is 138 cm³/mol. The molecule has 5 nitrogen and oxygen atoms in total. The molecule has 2 heterocycles. The first-order valence-electron chi connectivity index (χ1n) is 11.5. The zero-order valence-electron chi connectivity index (χ0n) is 20.4. The van der Waals surface area contributed by atoms with Crippen molar-refractivity contribution in [1.82, 2.24) is 9.55 Å². The average molecular weight is 480 g/mol. The number of Topliss-reactive ketones (excluding diaryl/α,β-unsaturated/α-hetero) is 1. The molecule has 3 rings (SSSR count). The number of hydrogen-bond donors (Lipinski definition) is 1. The minimum atomic E-state index is -3.11. The number of nitrogens with one attached hydrogen (secondary N) is 1. The predicted octanol–water partition coefficient (Wildman–Crippen LogP) is 7.18. The number of anilines is 2. The van der Waals surface area contributed by atoms with Gasteiger partial charge in [0.1, 0.15) is 5.82 Å². The van der Waals surface area contributed by atoms with Gasteiger partial charge in [-0.25, -0.2) is 4.98 Å². The molecule has 3 aromatic rings. The highest BCUT2D eigenvalue weighted by molar-refractivity contribution is 6.16. The fraction of sp³-hybridized carbons (Fsp3) is 0.286. The highest BCUT2D eigenvalue weighted by Crippen LogP contribution is 2.35. The molecule has 0 aliphatic carbocycles. The van der Waals surface area contributed by atoms with Crippen LogP contribution in [0.15, 0.2) is 67.5 Å². The van der Waals surface area contributed by atoms with Crippen molar-refractivity contribution >= 4 is 34.3 Å². The summed E-state index contributed by atoms with van der Waals surface area (Å²) in [5.74, 6) is -2.86. The largest absolute Gasteiger partial charge is 0.381 e. The molecule has 0 unspecified atom stereocenters. The summed E-state index contributed by atoms with van der Waals surface area (Å²) in [6, 6.07) is 6.20. The van der Waals surface area contributed by atoms with Gasteiger partial charge in [-0.15, -0.1) is 0 Å². The highest BCUT2D eigenvalue weighted by Gasteiger charge is 2.28. The van der Waals surface area contributed by atoms with E-state index in [2.05, 4.69) is 23.5 Å². The topological polar surface area (TPSA) is 56.1 Å². The van der Waals surface area contributed by atoms with Crippen LogP contribution in [0.5, 0.6) is 0 Å². The lowest BCUT2D eigenvalue weighted by atomic mass is 10.0. The lowest BCUT2D eigenvalue weighted by molar-refractivity contribution is 0.0520. The number of ketones is 1. The number of rotatable bonds is 12. The van der Waals surface area contributed by atoms with Crippen LogP contribution in [-0.2, 0) is 17.7 Å². The Morgan fingerprint density at radius 2 is 2.06 bits per heavy atom. The average Bonchev–Trinajstić information content (AvgIpc) is 3.23. The normalized spacial score (nSPS) is 11.8. The minimum absolute atomic E-state index is 0.151. The van der Waals surface area contributed by atoms with Gasteiger partial charge in [-0.05, 0) is 49.1 Å². The molecule has 0 atom stereocenters. The van der Waals surface area contributed by atoms with Gasteiger partial charge in [0.25, 0.3) is 5.92 Å². The van der Waals surface area contributed by atoms with Crippen LogP contribution in [0.25, 0.3) is 17.0 Å². The number of halogens is 2. The van der Waals surface area contributed by atoms with E-state index in [4.69, 9.17) is 4.74 Å². The van der Waals surface area contributed by atoms with Gasteiger partial charge in [-0.3, -0.25) is 4.79 Å². The van der Waals surface area contributed by atoms with Gasteiger partial charge in [0.15, 0.2) is 5.78 Å². The summed E-state index contributed by atoms with van der Waals surface area (Å²) in [6.45, 7) is 12.4. The summed E-state index contributed by atoms with van der Waals surface area (Å²) in [5, 5.41) is 3.86. The molecule has 0 saturated heterocycles. The van der Waals surface area contributed by atoms with E-state index < -0.39 is 5.92 Å². The summed E-state index contributed by atoms with van der Waals surface area (Å²) in [6.07, 6.45) is 8.43. The first-order valence-corrected chi connectivity index (χ1v) is 11.5. The summed E-state index contributed by atoms with van der Waals surface area (Å²) >= 11 is 0. The van der Waals surface area contributed by atoms with Crippen LogP contribution in [0.2, 0.25) is 0 Å². The van der Waals surface area contributed by atoms with Gasteiger partial charge in [0.2, 0.25) is 0 Å². The third-order valence-corrected chi connectivity index (χ3v) is 5.66. The number of carbonyl (C=O) groups excluding carboxylic acids is 1. The smallest absolute Gasteiger partial charge is 0.291 e. The second-order valence-corrected chi connectivity index (χ2v) is 8.26. The summed E-state index contributed by atoms with van der Waals surface area (Å²) in [4.78, 5) is 17.6. The molecule has 184 valence electrons. The number of allylic oxidation sites excluding steroid dienone is 2. The number of nitrogens with zero attached hydrogens (tertiary/aromatic N) is 2. The Morgan fingerprint density at radius 3 is 2.74 bits per heavy atom. The van der Waals surface area contributed by atoms with E-state index in [0.29, 0.717) is 58.7 Å². The van der Waals surface area contributed by atoms with Crippen molar-refractivity contribution < 1.29 is 18.3 Å². The molecular formula is C28H31F2N3O2. The fourth-order valence-corrected chi connectivity index (χ4v) is 3.81. The molecule has 2 aromatic heterocycles. The molecule has 0 fully saturated rings. The summed E-state index contributed by atoms with van der Waals surface area (Å²) in [7, 11) is 1.84. The van der Waals surface area contributed by atoms with Crippen molar-refractivity contribution in [1.29, 1.82) is 0 Å². The zero-order chi connectivity index (χ0) is 25.6. The Morgan fingerprint density at radius 1 is 1.29 bits per heavy atom. The van der Waals surface area contributed by atoms with Crippen LogP contribution in [0.3, 0.4) is 0 Å². The lowest BCUT2D eigenvalue weighted by Gasteiger charge is -2.17. The van der Waals surface area contributed by atoms with E-state index >= 15 is 0 Å². The second-order valence-electron chi connectivity index (χ2n) is 8.26. The van der Waals surface area contributed by atoms with Gasteiger partial charge < -0.3 is 14.6 Å². The van der Waals surface area contributed by atoms with Crippen molar-refractivity contribution in [3.8, 4) is 0 Å². The third kappa shape index (κ3) is 5.74. The third-order valence-electron chi connectivity index (χ3n) is 5.66. The molecule has 35 heavy (non-hydrogen) atoms. The van der Waals surface area contributed by atoms with Crippen LogP contribution < -0.4 is 5.32 Å². The van der Waals surface area contributed by atoms with Crippen molar-refractivity contribution in [3.05, 3.63) is 84.2 Å². The number of hydrogen-bond acceptors (Lipinski definition) is 4. The Kier molecular flexibility index (Phi) is 8.35. The van der Waals surface area contributed by atoms with Crippen molar-refractivity contribution in [2.24, 2.45) is 7.05 Å². The maximum absolute atomic E-state index is 14.5. The number of carbonyl (C=O) groups is 1. The van der Waals surface area contributed by atoms with Gasteiger partial charge in [-0.2, -0.15) is 8.78 Å². The van der Waals surface area contributed by atoms with Gasteiger partial charge >= 0.3 is 0 Å². The van der Waals surface area contributed by atoms with Crippen LogP contribution >= 0.6 is 0 Å². The van der Waals surface area contributed by atoms with E-state index in [1.54, 1.807) is 19.1 Å². The van der Waals surface area contributed by atoms with Crippen molar-refractivity contribution in [2.45, 2.75) is 32.6 Å². The first-order chi connectivity index (χ1) is 16.7. The zero-order valence-corrected chi connectivity index (χ0v) is 20.4. The standard InChI is InChI=1S/C28H31F2N3O2/c1-6-13-28(29,30)21-10-9-20(8-3)24(17-21)32-27-22-11-14-33(5)25(22)23(18-31-27)26(34)19(4)12-16-35-15-7-2/h6,8-11,13-14,17-18H,3-4,7,12,15-16H2,1-2,5H3,(H,31,32)/b13-6+. The molecule has 1 N–H and O–H groups in total. The molecule has 0 aliphatic rings. The summed E-state index contributed by atoms with van der Waals surface area (Å²) < 4.78 is 36.3. The molecule has 0 spiro atoms. The van der Waals surface area contributed by atoms with Gasteiger partial charge in [0.05, 0.1) is 17.7 Å². The molecule has 0 amide bonds. The van der Waals surface area contributed by atoms with Crippen LogP contribution in [0, 0.1) is 0 Å². The quantitative estimate of drug-likeness (QED) is 0.129. The van der Waals surface area contributed by atoms with E-state index in [1.165, 1.54) is 24.4 Å². The Hall–Kier alpha value is -3.58. The van der Waals surface area contributed by atoms with Crippen molar-refractivity contribution in [3.63, 3.8) is 0 Å². The molecule has 0 aliphatic heterocycles. The molecule has 0 radical (unpaired) electrons. The maximum atomic E-state index is 14.5. The first kappa shape index (κ1) is 26.0. The molecule has 7 heteroatoms. The number of fused-ring (bicyclic) bond motifs is 1. The highest BCUT2D eigenvalue weighted by atomic mass is 19.3. The van der Waals surface area contributed by atoms with E-state index in [1.807, 2.05) is 30.8 Å². The molecule has 1 aromatic carbocycles. The number of pyridine rings is 1. The number of aromatic nitrogens is 2. The lowest BCUT2D eigenvalue weighted by Crippen LogP contribution is -2.11. The monoisotopic (exact) mass is 479 g/mol. The second kappa shape index (κ2) is 11.2. The fourth-order valence-electron chi connectivity index (χ4n) is 3.81.